The van der Waals surface area contributed by atoms with E-state index in [1.54, 1.807) is 6.92 Å². The average molecular weight is 283 g/mol. The van der Waals surface area contributed by atoms with Crippen LogP contribution in [0.15, 0.2) is 24.3 Å². The highest BCUT2D eigenvalue weighted by Crippen LogP contribution is 2.33. The molecule has 0 saturated carbocycles. The summed E-state index contributed by atoms with van der Waals surface area (Å²) in [5, 5.41) is -1.34. The lowest BCUT2D eigenvalue weighted by molar-refractivity contribution is -0.275. The molecule has 0 saturated heterocycles. The van der Waals surface area contributed by atoms with Gasteiger partial charge in [0.15, 0.2) is 5.38 Å². The minimum Gasteiger partial charge on any atom is -0.465 e. The predicted octanol–water partition coefficient (Wildman–Crippen LogP) is 3.43. The number of hydrogen-bond acceptors (Lipinski definition) is 3. The van der Waals surface area contributed by atoms with Crippen LogP contribution in [0.25, 0.3) is 0 Å². The van der Waals surface area contributed by atoms with Gasteiger partial charge >= 0.3 is 12.3 Å². The first kappa shape index (κ1) is 14.6. The van der Waals surface area contributed by atoms with Gasteiger partial charge in [-0.25, -0.2) is 0 Å². The SMILES string of the molecule is CCOC(=O)C(Cl)c1ccccc1OC(F)(F)F. The monoisotopic (exact) mass is 282 g/mol. The van der Waals surface area contributed by atoms with E-state index in [0.717, 1.165) is 6.07 Å². The molecular weight excluding hydrogens is 273 g/mol. The number of para-hydroxylation sites is 1. The molecule has 7 heteroatoms. The molecule has 0 radical (unpaired) electrons. The number of alkyl halides is 4. The van der Waals surface area contributed by atoms with Gasteiger partial charge in [-0.05, 0) is 13.0 Å². The smallest absolute Gasteiger partial charge is 0.465 e. The number of benzene rings is 1. The van der Waals surface area contributed by atoms with E-state index >= 15 is 0 Å². The zero-order valence-corrected chi connectivity index (χ0v) is 10.1. The Bertz CT molecular complexity index is 420. The van der Waals surface area contributed by atoms with Gasteiger partial charge in [0.2, 0.25) is 0 Å². The van der Waals surface area contributed by atoms with Crippen molar-refractivity contribution in [2.75, 3.05) is 6.61 Å². The second kappa shape index (κ2) is 5.95. The van der Waals surface area contributed by atoms with Crippen molar-refractivity contribution < 1.29 is 27.4 Å². The third kappa shape index (κ3) is 4.10. The molecule has 0 fully saturated rings. The zero-order chi connectivity index (χ0) is 13.8. The van der Waals surface area contributed by atoms with E-state index in [4.69, 9.17) is 11.6 Å². The van der Waals surface area contributed by atoms with Crippen LogP contribution in [0, 0.1) is 0 Å². The number of hydrogen-bond donors (Lipinski definition) is 0. The van der Waals surface area contributed by atoms with Gasteiger partial charge in [0.1, 0.15) is 5.75 Å². The molecule has 0 bridgehead atoms. The standard InChI is InChI=1S/C11H10ClF3O3/c1-2-17-10(16)9(12)7-5-3-4-6-8(7)18-11(13,14)15/h3-6,9H,2H2,1H3. The highest BCUT2D eigenvalue weighted by atomic mass is 35.5. The van der Waals surface area contributed by atoms with E-state index in [2.05, 4.69) is 9.47 Å². The highest BCUT2D eigenvalue weighted by Gasteiger charge is 2.33. The van der Waals surface area contributed by atoms with Crippen LogP contribution in [0.5, 0.6) is 5.75 Å². The fraction of sp³-hybridized carbons (Fsp3) is 0.364. The summed E-state index contributed by atoms with van der Waals surface area (Å²) in [6.07, 6.45) is -4.85. The molecule has 18 heavy (non-hydrogen) atoms. The number of ether oxygens (including phenoxy) is 2. The van der Waals surface area contributed by atoms with Gasteiger partial charge in [0, 0.05) is 5.56 Å². The Balaban J connectivity index is 2.98. The number of carbonyl (C=O) groups is 1. The summed E-state index contributed by atoms with van der Waals surface area (Å²) < 4.78 is 44.9. The molecule has 3 nitrogen and oxygen atoms in total. The van der Waals surface area contributed by atoms with Crippen LogP contribution < -0.4 is 4.74 Å². The van der Waals surface area contributed by atoms with Crippen LogP contribution in [0.2, 0.25) is 0 Å². The topological polar surface area (TPSA) is 35.5 Å². The number of halogens is 4. The molecule has 1 aromatic carbocycles. The largest absolute Gasteiger partial charge is 0.573 e. The van der Waals surface area contributed by atoms with Gasteiger partial charge in [-0.1, -0.05) is 18.2 Å². The summed E-state index contributed by atoms with van der Waals surface area (Å²) in [7, 11) is 0. The third-order valence-corrected chi connectivity index (χ3v) is 2.32. The molecule has 1 atom stereocenters. The normalized spacial score (nSPS) is 12.9. The second-order valence-electron chi connectivity index (χ2n) is 3.20. The number of rotatable bonds is 4. The Morgan fingerprint density at radius 2 is 2.00 bits per heavy atom. The van der Waals surface area contributed by atoms with E-state index in [1.165, 1.54) is 18.2 Å². The molecular formula is C11H10ClF3O3. The number of esters is 1. The Morgan fingerprint density at radius 1 is 1.39 bits per heavy atom. The summed E-state index contributed by atoms with van der Waals surface area (Å²) >= 11 is 5.75. The molecule has 0 amide bonds. The first-order chi connectivity index (χ1) is 8.35. The van der Waals surface area contributed by atoms with Crippen molar-refractivity contribution in [2.24, 2.45) is 0 Å². The highest BCUT2D eigenvalue weighted by molar-refractivity contribution is 6.30. The summed E-state index contributed by atoms with van der Waals surface area (Å²) in [4.78, 5) is 11.4. The average Bonchev–Trinajstić information content (AvgIpc) is 2.27. The molecule has 0 aromatic heterocycles. The van der Waals surface area contributed by atoms with Gasteiger partial charge in [0.05, 0.1) is 6.61 Å². The van der Waals surface area contributed by atoms with Gasteiger partial charge in [-0.2, -0.15) is 0 Å². The van der Waals surface area contributed by atoms with Crippen molar-refractivity contribution in [3.63, 3.8) is 0 Å². The Kier molecular flexibility index (Phi) is 4.84. The molecule has 1 unspecified atom stereocenters. The Labute approximate surface area is 106 Å². The first-order valence-electron chi connectivity index (χ1n) is 5.00. The maximum absolute atomic E-state index is 12.2. The minimum atomic E-state index is -4.85. The van der Waals surface area contributed by atoms with E-state index in [0.29, 0.717) is 0 Å². The van der Waals surface area contributed by atoms with Crippen LogP contribution in [0.3, 0.4) is 0 Å². The third-order valence-electron chi connectivity index (χ3n) is 1.91. The van der Waals surface area contributed by atoms with Gasteiger partial charge < -0.3 is 9.47 Å². The summed E-state index contributed by atoms with van der Waals surface area (Å²) in [5.74, 6) is -1.34. The molecule has 0 aliphatic heterocycles. The van der Waals surface area contributed by atoms with Crippen LogP contribution in [-0.2, 0) is 9.53 Å². The van der Waals surface area contributed by atoms with E-state index in [9.17, 15) is 18.0 Å². The lowest BCUT2D eigenvalue weighted by atomic mass is 10.1. The lowest BCUT2D eigenvalue weighted by Gasteiger charge is -2.15. The van der Waals surface area contributed by atoms with Crippen LogP contribution >= 0.6 is 11.6 Å². The molecule has 0 N–H and O–H groups in total. The van der Waals surface area contributed by atoms with Gasteiger partial charge in [0.25, 0.3) is 0 Å². The van der Waals surface area contributed by atoms with Crippen LogP contribution in [-0.4, -0.2) is 18.9 Å². The Morgan fingerprint density at radius 3 is 2.56 bits per heavy atom. The van der Waals surface area contributed by atoms with Crippen molar-refractivity contribution in [1.29, 1.82) is 0 Å². The molecule has 1 aromatic rings. The van der Waals surface area contributed by atoms with Crippen molar-refractivity contribution in [3.05, 3.63) is 29.8 Å². The van der Waals surface area contributed by atoms with Gasteiger partial charge in [-0.3, -0.25) is 4.79 Å². The summed E-state index contributed by atoms with van der Waals surface area (Å²) in [5.41, 5.74) is -0.0880. The van der Waals surface area contributed by atoms with Crippen molar-refractivity contribution in [1.82, 2.24) is 0 Å². The summed E-state index contributed by atoms with van der Waals surface area (Å²) in [6, 6.07) is 5.15. The van der Waals surface area contributed by atoms with E-state index in [-0.39, 0.29) is 12.2 Å². The summed E-state index contributed by atoms with van der Waals surface area (Å²) in [6.45, 7) is 1.66. The predicted molar refractivity (Wildman–Crippen MR) is 58.4 cm³/mol. The Hall–Kier alpha value is -1.43. The van der Waals surface area contributed by atoms with Crippen LogP contribution in [0.4, 0.5) is 13.2 Å². The van der Waals surface area contributed by atoms with Crippen molar-refractivity contribution >= 4 is 17.6 Å². The fourth-order valence-corrected chi connectivity index (χ4v) is 1.49. The quantitative estimate of drug-likeness (QED) is 0.627. The molecule has 0 aliphatic rings. The maximum Gasteiger partial charge on any atom is 0.573 e. The minimum absolute atomic E-state index is 0.0876. The van der Waals surface area contributed by atoms with Crippen molar-refractivity contribution in [3.8, 4) is 5.75 Å². The molecule has 0 heterocycles. The molecule has 1 rings (SSSR count). The number of carbonyl (C=O) groups excluding carboxylic acids is 1. The fourth-order valence-electron chi connectivity index (χ4n) is 1.25. The first-order valence-corrected chi connectivity index (χ1v) is 5.44. The molecule has 0 spiro atoms. The zero-order valence-electron chi connectivity index (χ0n) is 9.33. The molecule has 100 valence electrons. The maximum atomic E-state index is 12.2. The van der Waals surface area contributed by atoms with Gasteiger partial charge in [-0.15, -0.1) is 24.8 Å². The van der Waals surface area contributed by atoms with E-state index < -0.39 is 23.5 Å². The second-order valence-corrected chi connectivity index (χ2v) is 3.64. The molecule has 0 aliphatic carbocycles. The van der Waals surface area contributed by atoms with Crippen LogP contribution in [0.1, 0.15) is 17.9 Å². The van der Waals surface area contributed by atoms with Crippen molar-refractivity contribution in [2.45, 2.75) is 18.7 Å². The van der Waals surface area contributed by atoms with E-state index in [1.807, 2.05) is 0 Å². The lowest BCUT2D eigenvalue weighted by Crippen LogP contribution is -2.19.